The average Bonchev–Trinajstić information content (AvgIpc) is 2.55. The molecule has 2 aliphatic rings. The third-order valence-electron chi connectivity index (χ3n) is 6.32. The molecule has 1 spiro atoms. The summed E-state index contributed by atoms with van der Waals surface area (Å²) in [5.41, 5.74) is 0.540. The van der Waals surface area contributed by atoms with Crippen LogP contribution in [-0.4, -0.2) is 48.4 Å². The third-order valence-corrected chi connectivity index (χ3v) is 6.32. The Morgan fingerprint density at radius 1 is 1.00 bits per heavy atom. The van der Waals surface area contributed by atoms with Crippen LogP contribution in [0.2, 0.25) is 0 Å². The highest BCUT2D eigenvalue weighted by atomic mass is 16.2. The minimum absolute atomic E-state index is 0.411. The molecule has 2 rings (SSSR count). The van der Waals surface area contributed by atoms with Crippen molar-refractivity contribution in [3.8, 4) is 0 Å². The summed E-state index contributed by atoms with van der Waals surface area (Å²) in [6.07, 6.45) is 10.9. The first-order valence-electron chi connectivity index (χ1n) is 10.9. The van der Waals surface area contributed by atoms with Gasteiger partial charge in [0.05, 0.1) is 0 Å². The SMILES string of the molecule is CCCCCCC(C)CCC(=O)N1CCC2(CC1)CN(CC(C)C)C2. The fraction of sp³-hybridized carbons (Fsp3) is 0.955. The van der Waals surface area contributed by atoms with E-state index in [9.17, 15) is 4.79 Å². The van der Waals surface area contributed by atoms with Crippen molar-refractivity contribution in [3.63, 3.8) is 0 Å². The molecule has 1 amide bonds. The third kappa shape index (κ3) is 6.58. The van der Waals surface area contributed by atoms with Crippen molar-refractivity contribution in [2.75, 3.05) is 32.7 Å². The van der Waals surface area contributed by atoms with Gasteiger partial charge in [-0.15, -0.1) is 0 Å². The molecule has 2 heterocycles. The number of hydrogen-bond donors (Lipinski definition) is 0. The average molecular weight is 351 g/mol. The molecule has 1 atom stereocenters. The first-order chi connectivity index (χ1) is 11.9. The molecule has 0 bridgehead atoms. The lowest BCUT2D eigenvalue weighted by molar-refractivity contribution is -0.136. The fourth-order valence-corrected chi connectivity index (χ4v) is 4.69. The van der Waals surface area contributed by atoms with Crippen molar-refractivity contribution >= 4 is 5.91 Å². The summed E-state index contributed by atoms with van der Waals surface area (Å²) >= 11 is 0. The molecule has 0 aromatic carbocycles. The number of carbonyl (C=O) groups is 1. The molecule has 0 aromatic heterocycles. The van der Waals surface area contributed by atoms with Gasteiger partial charge in [0.25, 0.3) is 0 Å². The number of hydrogen-bond acceptors (Lipinski definition) is 2. The maximum atomic E-state index is 12.5. The van der Waals surface area contributed by atoms with Gasteiger partial charge in [-0.1, -0.05) is 59.8 Å². The van der Waals surface area contributed by atoms with Crippen molar-refractivity contribution in [1.82, 2.24) is 9.80 Å². The molecule has 0 aliphatic carbocycles. The lowest BCUT2D eigenvalue weighted by Gasteiger charge is -2.54. The summed E-state index contributed by atoms with van der Waals surface area (Å²) in [6, 6.07) is 0. The van der Waals surface area contributed by atoms with Gasteiger partial charge in [-0.05, 0) is 36.5 Å². The van der Waals surface area contributed by atoms with Gasteiger partial charge in [0.1, 0.15) is 0 Å². The minimum Gasteiger partial charge on any atom is -0.343 e. The monoisotopic (exact) mass is 350 g/mol. The molecule has 0 saturated carbocycles. The van der Waals surface area contributed by atoms with Crippen molar-refractivity contribution in [2.24, 2.45) is 17.3 Å². The Labute approximate surface area is 156 Å². The lowest BCUT2D eigenvalue weighted by atomic mass is 9.71. The Hall–Kier alpha value is -0.570. The second-order valence-corrected chi connectivity index (χ2v) is 9.44. The van der Waals surface area contributed by atoms with Crippen LogP contribution in [0.25, 0.3) is 0 Å². The van der Waals surface area contributed by atoms with Gasteiger partial charge in [0, 0.05) is 39.1 Å². The molecule has 0 aromatic rings. The molecule has 2 fully saturated rings. The first kappa shape index (κ1) is 20.7. The number of amides is 1. The van der Waals surface area contributed by atoms with Crippen LogP contribution in [-0.2, 0) is 4.79 Å². The van der Waals surface area contributed by atoms with Crippen LogP contribution in [0.3, 0.4) is 0 Å². The summed E-state index contributed by atoms with van der Waals surface area (Å²) in [6.45, 7) is 15.0. The lowest BCUT2D eigenvalue weighted by Crippen LogP contribution is -2.61. The molecule has 0 N–H and O–H groups in total. The highest BCUT2D eigenvalue weighted by Gasteiger charge is 2.45. The van der Waals surface area contributed by atoms with Crippen LogP contribution < -0.4 is 0 Å². The second-order valence-electron chi connectivity index (χ2n) is 9.44. The standard InChI is InChI=1S/C22H42N2O/c1-5-6-7-8-9-20(4)10-11-21(25)24-14-12-22(13-15-24)17-23(18-22)16-19(2)3/h19-20H,5-18H2,1-4H3. The van der Waals surface area contributed by atoms with Crippen molar-refractivity contribution in [2.45, 2.75) is 85.5 Å². The maximum absolute atomic E-state index is 12.5. The fourth-order valence-electron chi connectivity index (χ4n) is 4.69. The molecule has 0 radical (unpaired) electrons. The number of rotatable bonds is 10. The Morgan fingerprint density at radius 2 is 1.68 bits per heavy atom. The van der Waals surface area contributed by atoms with E-state index in [4.69, 9.17) is 0 Å². The zero-order chi connectivity index (χ0) is 18.3. The molecule has 3 heteroatoms. The predicted molar refractivity (Wildman–Crippen MR) is 107 cm³/mol. The number of carbonyl (C=O) groups excluding carboxylic acids is 1. The summed E-state index contributed by atoms with van der Waals surface area (Å²) in [4.78, 5) is 17.3. The quantitative estimate of drug-likeness (QED) is 0.520. The Morgan fingerprint density at radius 3 is 2.28 bits per heavy atom. The van der Waals surface area contributed by atoms with E-state index in [2.05, 4.69) is 37.5 Å². The summed E-state index contributed by atoms with van der Waals surface area (Å²) < 4.78 is 0. The zero-order valence-corrected chi connectivity index (χ0v) is 17.4. The van der Waals surface area contributed by atoms with Crippen LogP contribution in [0.15, 0.2) is 0 Å². The van der Waals surface area contributed by atoms with Gasteiger partial charge < -0.3 is 9.80 Å². The van der Waals surface area contributed by atoms with Crippen molar-refractivity contribution in [3.05, 3.63) is 0 Å². The number of nitrogens with zero attached hydrogens (tertiary/aromatic N) is 2. The van der Waals surface area contributed by atoms with E-state index in [1.807, 2.05) is 0 Å². The van der Waals surface area contributed by atoms with Gasteiger partial charge in [-0.2, -0.15) is 0 Å². The smallest absolute Gasteiger partial charge is 0.222 e. The van der Waals surface area contributed by atoms with E-state index in [0.29, 0.717) is 17.2 Å². The minimum atomic E-state index is 0.411. The Bertz CT molecular complexity index is 391. The van der Waals surface area contributed by atoms with Crippen molar-refractivity contribution < 1.29 is 4.79 Å². The zero-order valence-electron chi connectivity index (χ0n) is 17.4. The Balaban J connectivity index is 1.58. The summed E-state index contributed by atoms with van der Waals surface area (Å²) in [5.74, 6) is 1.88. The van der Waals surface area contributed by atoms with Crippen LogP contribution in [0.1, 0.15) is 85.5 Å². The largest absolute Gasteiger partial charge is 0.343 e. The van der Waals surface area contributed by atoms with Gasteiger partial charge in [-0.25, -0.2) is 0 Å². The van der Waals surface area contributed by atoms with Crippen LogP contribution in [0.5, 0.6) is 0 Å². The van der Waals surface area contributed by atoms with E-state index in [1.54, 1.807) is 0 Å². The second kappa shape index (κ2) is 9.94. The Kier molecular flexibility index (Phi) is 8.25. The van der Waals surface area contributed by atoms with E-state index < -0.39 is 0 Å². The molecular formula is C22H42N2O. The van der Waals surface area contributed by atoms with E-state index >= 15 is 0 Å². The highest BCUT2D eigenvalue weighted by Crippen LogP contribution is 2.40. The molecule has 2 saturated heterocycles. The number of unbranched alkanes of at least 4 members (excludes halogenated alkanes) is 3. The summed E-state index contributed by atoms with van der Waals surface area (Å²) in [5, 5.41) is 0. The molecule has 146 valence electrons. The van der Waals surface area contributed by atoms with Gasteiger partial charge in [0.15, 0.2) is 0 Å². The predicted octanol–water partition coefficient (Wildman–Crippen LogP) is 4.95. The molecular weight excluding hydrogens is 308 g/mol. The number of likely N-dealkylation sites (tertiary alicyclic amines) is 2. The van der Waals surface area contributed by atoms with Crippen LogP contribution in [0.4, 0.5) is 0 Å². The molecule has 1 unspecified atom stereocenters. The normalized spacial score (nSPS) is 21.6. The first-order valence-corrected chi connectivity index (χ1v) is 10.9. The van der Waals surface area contributed by atoms with E-state index in [-0.39, 0.29) is 0 Å². The topological polar surface area (TPSA) is 23.6 Å². The number of piperidine rings is 1. The van der Waals surface area contributed by atoms with Crippen LogP contribution >= 0.6 is 0 Å². The molecule has 25 heavy (non-hydrogen) atoms. The van der Waals surface area contributed by atoms with Gasteiger partial charge in [0.2, 0.25) is 5.91 Å². The van der Waals surface area contributed by atoms with Crippen molar-refractivity contribution in [1.29, 1.82) is 0 Å². The summed E-state index contributed by atoms with van der Waals surface area (Å²) in [7, 11) is 0. The van der Waals surface area contributed by atoms with E-state index in [0.717, 1.165) is 31.8 Å². The molecule has 2 aliphatic heterocycles. The maximum Gasteiger partial charge on any atom is 0.222 e. The molecule has 3 nitrogen and oxygen atoms in total. The van der Waals surface area contributed by atoms with Gasteiger partial charge >= 0.3 is 0 Å². The van der Waals surface area contributed by atoms with E-state index in [1.165, 1.54) is 64.6 Å². The highest BCUT2D eigenvalue weighted by molar-refractivity contribution is 5.76. The van der Waals surface area contributed by atoms with Crippen LogP contribution in [0, 0.1) is 17.3 Å². The van der Waals surface area contributed by atoms with Gasteiger partial charge in [-0.3, -0.25) is 4.79 Å².